The number of fused-ring (bicyclic) bond motifs is 1. The lowest BCUT2D eigenvalue weighted by Gasteiger charge is -2.05. The Labute approximate surface area is 135 Å². The molecule has 0 atom stereocenters. The van der Waals surface area contributed by atoms with Crippen molar-refractivity contribution in [1.29, 1.82) is 0 Å². The Morgan fingerprint density at radius 2 is 2.00 bits per heavy atom. The molecule has 1 aromatic carbocycles. The molecule has 0 saturated carbocycles. The number of pyridine rings is 1. The molecule has 0 radical (unpaired) electrons. The van der Waals surface area contributed by atoms with Crippen molar-refractivity contribution in [3.05, 3.63) is 76.9 Å². The molecule has 1 N–H and O–H groups in total. The Kier molecular flexibility index (Phi) is 3.38. The number of hydrogen-bond acceptors (Lipinski definition) is 4. The van der Waals surface area contributed by atoms with E-state index in [-0.39, 0.29) is 11.4 Å². The molecule has 4 aromatic rings. The molecule has 4 rings (SSSR count). The molecule has 0 aliphatic carbocycles. The van der Waals surface area contributed by atoms with Gasteiger partial charge in [-0.2, -0.15) is 0 Å². The zero-order valence-electron chi connectivity index (χ0n) is 12.5. The minimum atomic E-state index is -0.296. The highest BCUT2D eigenvalue weighted by Gasteiger charge is 2.12. The second-order valence-electron chi connectivity index (χ2n) is 5.33. The molecular formula is C17H12FN5O. The number of hydrogen-bond donors (Lipinski definition) is 1. The van der Waals surface area contributed by atoms with Gasteiger partial charge in [-0.3, -0.25) is 9.78 Å². The topological polar surface area (TPSA) is 76.5 Å². The van der Waals surface area contributed by atoms with Gasteiger partial charge in [-0.25, -0.2) is 14.4 Å². The van der Waals surface area contributed by atoms with E-state index in [0.29, 0.717) is 29.1 Å². The summed E-state index contributed by atoms with van der Waals surface area (Å²) in [5.41, 5.74) is 2.04. The maximum absolute atomic E-state index is 13.0. The van der Waals surface area contributed by atoms with E-state index in [9.17, 15) is 9.18 Å². The molecule has 0 aliphatic rings. The Hall–Kier alpha value is -3.35. The van der Waals surface area contributed by atoms with Crippen LogP contribution in [0.25, 0.3) is 22.6 Å². The van der Waals surface area contributed by atoms with Gasteiger partial charge >= 0.3 is 0 Å². The number of aromatic nitrogens is 5. The number of benzene rings is 1. The number of nitrogens with one attached hydrogen (secondary N) is 1. The first kappa shape index (κ1) is 14.3. The highest BCUT2D eigenvalue weighted by Crippen LogP contribution is 2.15. The van der Waals surface area contributed by atoms with Crippen LogP contribution in [0.1, 0.15) is 5.56 Å². The number of nitrogens with zero attached hydrogens (tertiary/aromatic N) is 4. The number of rotatable bonds is 3. The molecule has 118 valence electrons. The van der Waals surface area contributed by atoms with E-state index in [4.69, 9.17) is 0 Å². The van der Waals surface area contributed by atoms with Crippen molar-refractivity contribution in [2.45, 2.75) is 6.54 Å². The van der Waals surface area contributed by atoms with Crippen LogP contribution in [-0.2, 0) is 6.54 Å². The summed E-state index contributed by atoms with van der Waals surface area (Å²) in [4.78, 5) is 27.9. The summed E-state index contributed by atoms with van der Waals surface area (Å²) in [6.07, 6.45) is 4.83. The number of H-pyrrole nitrogens is 1. The molecule has 3 aromatic heterocycles. The Bertz CT molecular complexity index is 1050. The predicted molar refractivity (Wildman–Crippen MR) is 86.9 cm³/mol. The van der Waals surface area contributed by atoms with Gasteiger partial charge in [0.25, 0.3) is 5.56 Å². The van der Waals surface area contributed by atoms with Gasteiger partial charge in [0, 0.05) is 24.5 Å². The third kappa shape index (κ3) is 2.56. The van der Waals surface area contributed by atoms with Gasteiger partial charge in [0.15, 0.2) is 11.2 Å². The maximum atomic E-state index is 13.0. The molecule has 0 aliphatic heterocycles. The third-order valence-electron chi connectivity index (χ3n) is 3.68. The van der Waals surface area contributed by atoms with Crippen LogP contribution in [0.3, 0.4) is 0 Å². The van der Waals surface area contributed by atoms with Crippen molar-refractivity contribution in [2.75, 3.05) is 0 Å². The predicted octanol–water partition coefficient (Wildman–Crippen LogP) is 2.37. The van der Waals surface area contributed by atoms with Gasteiger partial charge < -0.3 is 9.55 Å². The lowest BCUT2D eigenvalue weighted by Crippen LogP contribution is -2.13. The Morgan fingerprint density at radius 1 is 1.17 bits per heavy atom. The smallest absolute Gasteiger partial charge is 0.277 e. The zero-order valence-corrected chi connectivity index (χ0v) is 12.5. The standard InChI is InChI=1S/C17H12FN5O/c18-13-5-3-11(4-6-13)9-23-10-20-16-14(23)17(24)22-15(21-16)12-2-1-7-19-8-12/h1-8,10H,9H2,(H,21,22,24). The van der Waals surface area contributed by atoms with Gasteiger partial charge in [-0.15, -0.1) is 0 Å². The summed E-state index contributed by atoms with van der Waals surface area (Å²) in [5, 5.41) is 0. The molecule has 0 saturated heterocycles. The van der Waals surface area contributed by atoms with Gasteiger partial charge in [0.2, 0.25) is 0 Å². The molecule has 24 heavy (non-hydrogen) atoms. The summed E-state index contributed by atoms with van der Waals surface area (Å²) in [7, 11) is 0. The van der Waals surface area contributed by atoms with E-state index < -0.39 is 0 Å². The van der Waals surface area contributed by atoms with Crippen LogP contribution < -0.4 is 5.56 Å². The summed E-state index contributed by atoms with van der Waals surface area (Å²) in [6.45, 7) is 0.410. The van der Waals surface area contributed by atoms with Crippen molar-refractivity contribution in [1.82, 2.24) is 24.5 Å². The fourth-order valence-electron chi connectivity index (χ4n) is 2.53. The molecule has 0 fully saturated rings. The Balaban J connectivity index is 1.77. The van der Waals surface area contributed by atoms with Crippen LogP contribution in [0.2, 0.25) is 0 Å². The normalized spacial score (nSPS) is 11.0. The van der Waals surface area contributed by atoms with Gasteiger partial charge in [-0.1, -0.05) is 12.1 Å². The number of imidazole rings is 1. The number of halogens is 1. The highest BCUT2D eigenvalue weighted by molar-refractivity contribution is 5.72. The van der Waals surface area contributed by atoms with Crippen molar-refractivity contribution in [3.63, 3.8) is 0 Å². The first-order chi connectivity index (χ1) is 11.7. The minimum absolute atomic E-state index is 0.279. The summed E-state index contributed by atoms with van der Waals surface area (Å²) >= 11 is 0. The average molecular weight is 321 g/mol. The van der Waals surface area contributed by atoms with Crippen LogP contribution in [-0.4, -0.2) is 24.5 Å². The van der Waals surface area contributed by atoms with Gasteiger partial charge in [-0.05, 0) is 29.8 Å². The van der Waals surface area contributed by atoms with E-state index >= 15 is 0 Å². The number of aromatic amines is 1. The average Bonchev–Trinajstić information content (AvgIpc) is 3.01. The fourth-order valence-corrected chi connectivity index (χ4v) is 2.53. The van der Waals surface area contributed by atoms with E-state index in [1.54, 1.807) is 41.5 Å². The molecule has 3 heterocycles. The van der Waals surface area contributed by atoms with Crippen LogP contribution in [0.5, 0.6) is 0 Å². The summed E-state index contributed by atoms with van der Waals surface area (Å²) < 4.78 is 14.7. The van der Waals surface area contributed by atoms with Crippen molar-refractivity contribution >= 4 is 11.2 Å². The summed E-state index contributed by atoms with van der Waals surface area (Å²) in [5.74, 6) is 0.127. The third-order valence-corrected chi connectivity index (χ3v) is 3.68. The van der Waals surface area contributed by atoms with Crippen LogP contribution in [0, 0.1) is 5.82 Å². The zero-order chi connectivity index (χ0) is 16.5. The van der Waals surface area contributed by atoms with Crippen molar-refractivity contribution in [3.8, 4) is 11.4 Å². The second-order valence-corrected chi connectivity index (χ2v) is 5.33. The molecular weight excluding hydrogens is 309 g/mol. The lowest BCUT2D eigenvalue weighted by molar-refractivity contribution is 0.626. The molecule has 0 bridgehead atoms. The first-order valence-electron chi connectivity index (χ1n) is 7.31. The lowest BCUT2D eigenvalue weighted by atomic mass is 10.2. The van der Waals surface area contributed by atoms with Gasteiger partial charge in [0.1, 0.15) is 11.6 Å². The van der Waals surface area contributed by atoms with Crippen LogP contribution >= 0.6 is 0 Å². The monoisotopic (exact) mass is 321 g/mol. The Morgan fingerprint density at radius 3 is 2.75 bits per heavy atom. The molecule has 0 amide bonds. The minimum Gasteiger partial charge on any atom is -0.320 e. The molecule has 0 spiro atoms. The van der Waals surface area contributed by atoms with Crippen LogP contribution in [0.15, 0.2) is 59.9 Å². The SMILES string of the molecule is O=c1[nH]c(-c2cccnc2)nc2ncn(Cc3ccc(F)cc3)c12. The quantitative estimate of drug-likeness (QED) is 0.628. The van der Waals surface area contributed by atoms with Crippen LogP contribution in [0.4, 0.5) is 4.39 Å². The van der Waals surface area contributed by atoms with E-state index in [0.717, 1.165) is 5.56 Å². The molecule has 0 unspecified atom stereocenters. The first-order valence-corrected chi connectivity index (χ1v) is 7.31. The van der Waals surface area contributed by atoms with E-state index in [1.807, 2.05) is 6.07 Å². The van der Waals surface area contributed by atoms with Crippen molar-refractivity contribution < 1.29 is 4.39 Å². The maximum Gasteiger partial charge on any atom is 0.277 e. The molecule has 7 heteroatoms. The van der Waals surface area contributed by atoms with E-state index in [1.165, 1.54) is 12.1 Å². The second kappa shape index (κ2) is 5.69. The summed E-state index contributed by atoms with van der Waals surface area (Å²) in [6, 6.07) is 9.70. The largest absolute Gasteiger partial charge is 0.320 e. The van der Waals surface area contributed by atoms with Crippen molar-refractivity contribution in [2.24, 2.45) is 0 Å². The highest BCUT2D eigenvalue weighted by atomic mass is 19.1. The van der Waals surface area contributed by atoms with E-state index in [2.05, 4.69) is 19.9 Å². The molecule has 6 nitrogen and oxygen atoms in total. The fraction of sp³-hybridized carbons (Fsp3) is 0.0588. The van der Waals surface area contributed by atoms with Gasteiger partial charge in [0.05, 0.1) is 6.33 Å².